The third kappa shape index (κ3) is 4.33. The van der Waals surface area contributed by atoms with Crippen molar-refractivity contribution in [3.63, 3.8) is 0 Å². The molecule has 3 amide bonds. The molecule has 1 aromatic heterocycles. The van der Waals surface area contributed by atoms with E-state index in [9.17, 15) is 23.6 Å². The molecule has 0 aliphatic carbocycles. The van der Waals surface area contributed by atoms with Gasteiger partial charge in [-0.25, -0.2) is 9.29 Å². The smallest absolute Gasteiger partial charge is 0.308 e. The molecule has 0 unspecified atom stereocenters. The van der Waals surface area contributed by atoms with Crippen LogP contribution in [0.25, 0.3) is 0 Å². The van der Waals surface area contributed by atoms with Crippen molar-refractivity contribution in [2.24, 2.45) is 5.92 Å². The summed E-state index contributed by atoms with van der Waals surface area (Å²) in [6.45, 7) is 1.62. The number of imide groups is 1. The predicted molar refractivity (Wildman–Crippen MR) is 144 cm³/mol. The minimum absolute atomic E-state index is 0.163. The Hall–Kier alpha value is -2.80. The quantitative estimate of drug-likeness (QED) is 0.417. The molecule has 0 bridgehead atoms. The Morgan fingerprint density at radius 3 is 2.37 bits per heavy atom. The highest BCUT2D eigenvalue weighted by atomic mass is 79.9. The SMILES string of the molecule is O=C(Cn1c2c(sc1=O)[C@@H](c1ccc(F)cc1)[C@H]1C(=O)N(c3ccc(Br)cc3)C(=O)[C@H]1S2)N1CCOCC1. The highest BCUT2D eigenvalue weighted by Crippen LogP contribution is 2.53. The molecule has 6 rings (SSSR count). The van der Waals surface area contributed by atoms with Gasteiger partial charge >= 0.3 is 4.87 Å². The molecule has 2 saturated heterocycles. The number of rotatable bonds is 4. The van der Waals surface area contributed by atoms with Gasteiger partial charge in [0.1, 0.15) is 17.6 Å². The molecule has 3 aliphatic rings. The third-order valence-electron chi connectivity index (χ3n) is 7.02. The van der Waals surface area contributed by atoms with Crippen molar-refractivity contribution in [1.29, 1.82) is 0 Å². The Labute approximate surface area is 233 Å². The first-order valence-electron chi connectivity index (χ1n) is 12.0. The molecule has 12 heteroatoms. The molecule has 2 aromatic carbocycles. The number of amides is 3. The van der Waals surface area contributed by atoms with Crippen LogP contribution >= 0.6 is 39.0 Å². The van der Waals surface area contributed by atoms with E-state index in [1.54, 1.807) is 41.3 Å². The summed E-state index contributed by atoms with van der Waals surface area (Å²) >= 11 is 5.51. The normalized spacial score (nSPS) is 22.9. The van der Waals surface area contributed by atoms with Crippen LogP contribution in [0.2, 0.25) is 0 Å². The van der Waals surface area contributed by atoms with E-state index in [4.69, 9.17) is 4.74 Å². The summed E-state index contributed by atoms with van der Waals surface area (Å²) < 4.78 is 21.4. The molecular weight excluding hydrogens is 597 g/mol. The third-order valence-corrected chi connectivity index (χ3v) is 10.2. The topological polar surface area (TPSA) is 88.9 Å². The number of thiazole rings is 1. The molecule has 4 heterocycles. The van der Waals surface area contributed by atoms with E-state index < -0.39 is 22.9 Å². The van der Waals surface area contributed by atoms with Crippen molar-refractivity contribution in [3.8, 4) is 0 Å². The minimum atomic E-state index is -0.799. The molecule has 8 nitrogen and oxygen atoms in total. The molecule has 0 spiro atoms. The van der Waals surface area contributed by atoms with Crippen molar-refractivity contribution < 1.29 is 23.5 Å². The summed E-state index contributed by atoms with van der Waals surface area (Å²) in [4.78, 5) is 56.9. The molecule has 38 heavy (non-hydrogen) atoms. The lowest BCUT2D eigenvalue weighted by atomic mass is 9.83. The van der Waals surface area contributed by atoms with E-state index in [1.165, 1.54) is 21.6 Å². The predicted octanol–water partition coefficient (Wildman–Crippen LogP) is 3.47. The van der Waals surface area contributed by atoms with Gasteiger partial charge in [0, 0.05) is 28.4 Å². The zero-order valence-electron chi connectivity index (χ0n) is 19.8. The number of hydrogen-bond donors (Lipinski definition) is 0. The van der Waals surface area contributed by atoms with Crippen LogP contribution in [0.1, 0.15) is 16.4 Å². The fourth-order valence-corrected chi connectivity index (χ4v) is 8.21. The van der Waals surface area contributed by atoms with Crippen LogP contribution in [0.4, 0.5) is 10.1 Å². The first kappa shape index (κ1) is 25.5. The maximum Gasteiger partial charge on any atom is 0.308 e. The van der Waals surface area contributed by atoms with Crippen molar-refractivity contribution in [3.05, 3.63) is 78.9 Å². The number of carbonyl (C=O) groups is 3. The van der Waals surface area contributed by atoms with Crippen LogP contribution in [-0.2, 0) is 25.7 Å². The summed E-state index contributed by atoms with van der Waals surface area (Å²) in [6.07, 6.45) is 0. The second kappa shape index (κ2) is 10.1. The van der Waals surface area contributed by atoms with Gasteiger partial charge in [-0.3, -0.25) is 23.7 Å². The number of anilines is 1. The summed E-state index contributed by atoms with van der Waals surface area (Å²) in [7, 11) is 0. The highest BCUT2D eigenvalue weighted by molar-refractivity contribution is 9.10. The molecule has 0 N–H and O–H groups in total. The van der Waals surface area contributed by atoms with E-state index >= 15 is 0 Å². The van der Waals surface area contributed by atoms with Gasteiger partial charge in [-0.2, -0.15) is 0 Å². The lowest BCUT2D eigenvalue weighted by molar-refractivity contribution is -0.136. The van der Waals surface area contributed by atoms with Crippen LogP contribution in [-0.4, -0.2) is 58.7 Å². The number of ether oxygens (including phenoxy) is 1. The molecule has 3 atom stereocenters. The van der Waals surface area contributed by atoms with Crippen LogP contribution in [0.3, 0.4) is 0 Å². The molecule has 2 fully saturated rings. The summed E-state index contributed by atoms with van der Waals surface area (Å²) in [5.41, 5.74) is 1.09. The molecule has 196 valence electrons. The Balaban J connectivity index is 1.43. The van der Waals surface area contributed by atoms with Gasteiger partial charge in [0.25, 0.3) is 0 Å². The van der Waals surface area contributed by atoms with Crippen molar-refractivity contribution in [2.75, 3.05) is 31.2 Å². The fourth-order valence-electron chi connectivity index (χ4n) is 5.18. The van der Waals surface area contributed by atoms with Crippen LogP contribution in [0.15, 0.2) is 62.8 Å². The van der Waals surface area contributed by atoms with Gasteiger partial charge < -0.3 is 9.64 Å². The Bertz CT molecular complexity index is 1480. The fraction of sp³-hybridized carbons (Fsp3) is 0.308. The van der Waals surface area contributed by atoms with E-state index in [2.05, 4.69) is 15.9 Å². The summed E-state index contributed by atoms with van der Waals surface area (Å²) in [6, 6.07) is 12.7. The Morgan fingerprint density at radius 2 is 1.68 bits per heavy atom. The maximum absolute atomic E-state index is 13.8. The number of halogens is 2. The Kier molecular flexibility index (Phi) is 6.75. The summed E-state index contributed by atoms with van der Waals surface area (Å²) in [5, 5.41) is -0.288. The second-order valence-corrected chi connectivity index (χ2v) is 12.2. The Morgan fingerprint density at radius 1 is 1.00 bits per heavy atom. The number of carbonyl (C=O) groups excluding carboxylic acids is 3. The molecule has 0 saturated carbocycles. The molecule has 0 radical (unpaired) electrons. The number of benzene rings is 2. The zero-order valence-corrected chi connectivity index (χ0v) is 23.1. The van der Waals surface area contributed by atoms with Crippen LogP contribution in [0, 0.1) is 11.7 Å². The number of aromatic nitrogens is 1. The number of thioether (sulfide) groups is 1. The van der Waals surface area contributed by atoms with Crippen LogP contribution in [0.5, 0.6) is 0 Å². The van der Waals surface area contributed by atoms with Gasteiger partial charge in [-0.05, 0) is 42.0 Å². The molecule has 3 aliphatic heterocycles. The van der Waals surface area contributed by atoms with E-state index in [0.29, 0.717) is 47.5 Å². The van der Waals surface area contributed by atoms with Crippen LogP contribution < -0.4 is 9.77 Å². The average Bonchev–Trinajstić information content (AvgIpc) is 3.36. The second-order valence-electron chi connectivity index (χ2n) is 9.20. The van der Waals surface area contributed by atoms with E-state index in [0.717, 1.165) is 27.6 Å². The van der Waals surface area contributed by atoms with Gasteiger partial charge in [0.2, 0.25) is 17.7 Å². The number of morpholine rings is 1. The summed E-state index contributed by atoms with van der Waals surface area (Å²) in [5.74, 6) is -2.80. The van der Waals surface area contributed by atoms with E-state index in [1.807, 2.05) is 0 Å². The van der Waals surface area contributed by atoms with Gasteiger partial charge in [0.15, 0.2) is 0 Å². The first-order chi connectivity index (χ1) is 18.3. The minimum Gasteiger partial charge on any atom is -0.378 e. The van der Waals surface area contributed by atoms with Gasteiger partial charge in [0.05, 0.1) is 29.8 Å². The standard InChI is InChI=1S/C26H21BrFN3O5S2/c27-15-3-7-17(8-4-15)31-23(33)20-19(14-1-5-16(28)6-2-14)22-25(37-21(20)24(31)34)30(26(35)38-22)13-18(32)29-9-11-36-12-10-29/h1-8,19-21H,9-13H2/t19-,20+,21-/m0/s1. The average molecular weight is 619 g/mol. The molecule has 3 aromatic rings. The molecular formula is C26H21BrFN3O5S2. The highest BCUT2D eigenvalue weighted by Gasteiger charge is 2.56. The van der Waals surface area contributed by atoms with Gasteiger partial charge in [-0.1, -0.05) is 51.2 Å². The lowest BCUT2D eigenvalue weighted by Gasteiger charge is -2.31. The lowest BCUT2D eigenvalue weighted by Crippen LogP contribution is -2.43. The number of fused-ring (bicyclic) bond motifs is 2. The number of nitrogens with zero attached hydrogens (tertiary/aromatic N) is 3. The maximum atomic E-state index is 13.8. The first-order valence-corrected chi connectivity index (χ1v) is 14.5. The van der Waals surface area contributed by atoms with Crippen molar-refractivity contribution in [1.82, 2.24) is 9.47 Å². The van der Waals surface area contributed by atoms with Gasteiger partial charge in [-0.15, -0.1) is 0 Å². The zero-order chi connectivity index (χ0) is 26.6. The van der Waals surface area contributed by atoms with Crippen molar-refractivity contribution in [2.45, 2.75) is 22.7 Å². The van der Waals surface area contributed by atoms with Crippen molar-refractivity contribution >= 4 is 62.4 Å². The van der Waals surface area contributed by atoms with E-state index in [-0.39, 0.29) is 29.1 Å². The largest absolute Gasteiger partial charge is 0.378 e. The number of hydrogen-bond acceptors (Lipinski definition) is 7. The monoisotopic (exact) mass is 617 g/mol.